The summed E-state index contributed by atoms with van der Waals surface area (Å²) in [4.78, 5) is 41.4. The van der Waals surface area contributed by atoms with Crippen molar-refractivity contribution in [1.29, 1.82) is 0 Å². The Hall–Kier alpha value is -3.79. The van der Waals surface area contributed by atoms with E-state index in [2.05, 4.69) is 48.5 Å². The Morgan fingerprint density at radius 1 is 1.15 bits per heavy atom. The summed E-state index contributed by atoms with van der Waals surface area (Å²) in [6.45, 7) is 15.5. The van der Waals surface area contributed by atoms with Gasteiger partial charge in [-0.1, -0.05) is 39.0 Å². The second-order valence-corrected chi connectivity index (χ2v) is 12.8. The van der Waals surface area contributed by atoms with Gasteiger partial charge in [-0.05, 0) is 51.3 Å². The maximum atomic E-state index is 12.8. The van der Waals surface area contributed by atoms with E-state index in [1.165, 1.54) is 11.1 Å². The minimum absolute atomic E-state index is 0.106. The van der Waals surface area contributed by atoms with Crippen LogP contribution in [0, 0.1) is 5.92 Å². The van der Waals surface area contributed by atoms with Crippen molar-refractivity contribution < 1.29 is 19.6 Å². The summed E-state index contributed by atoms with van der Waals surface area (Å²) in [5.74, 6) is 1.71. The standard InChI is InChI=1S/C30H39N7O3/c1-8-31-25(38)19-15-32-26(35-24(19)34-23-11-9-10-22(33-23)28(2,3)4)36-30-13-12-18-16-37(17-20(18)21(30)14-30)27(39)40-29(5,6)7/h9-13,15,21H,8,14,16-17H2,1-7H3,(H,31,38)(H2,32,33,34,35,36)/p+1. The van der Waals surface area contributed by atoms with Gasteiger partial charge in [-0.2, -0.15) is 4.98 Å². The molecule has 0 spiro atoms. The van der Waals surface area contributed by atoms with Crippen molar-refractivity contribution in [2.45, 2.75) is 71.4 Å². The number of amides is 2. The average molecular weight is 547 g/mol. The lowest BCUT2D eigenvalue weighted by molar-refractivity contribution is -0.487. The molecule has 10 heteroatoms. The quantitative estimate of drug-likeness (QED) is 0.504. The van der Waals surface area contributed by atoms with Crippen molar-refractivity contribution in [3.63, 3.8) is 0 Å². The molecule has 0 radical (unpaired) electrons. The minimum Gasteiger partial charge on any atom is -0.444 e. The van der Waals surface area contributed by atoms with Crippen LogP contribution in [-0.4, -0.2) is 62.6 Å². The molecular formula is C30H40N7O3+. The number of ether oxygens (including phenoxy) is 1. The molecule has 2 aromatic rings. The third kappa shape index (κ3) is 5.72. The smallest absolute Gasteiger partial charge is 0.410 e. The summed E-state index contributed by atoms with van der Waals surface area (Å²) in [7, 11) is 0. The molecule has 40 heavy (non-hydrogen) atoms. The summed E-state index contributed by atoms with van der Waals surface area (Å²) in [6, 6.07) is 5.89. The first-order valence-electron chi connectivity index (χ1n) is 13.9. The number of hydrogen-bond donors (Lipinski definition) is 3. The van der Waals surface area contributed by atoms with E-state index < -0.39 is 5.60 Å². The van der Waals surface area contributed by atoms with Crippen molar-refractivity contribution in [2.75, 3.05) is 25.0 Å². The van der Waals surface area contributed by atoms with Crippen LogP contribution in [-0.2, 0) is 10.2 Å². The van der Waals surface area contributed by atoms with Crippen LogP contribution in [0.3, 0.4) is 0 Å². The van der Waals surface area contributed by atoms with Crippen molar-refractivity contribution in [1.82, 2.24) is 25.2 Å². The number of aromatic nitrogens is 3. The Morgan fingerprint density at radius 2 is 1.93 bits per heavy atom. The number of hydrogen-bond acceptors (Lipinski definition) is 7. The lowest BCUT2D eigenvalue weighted by Crippen LogP contribution is -2.73. The lowest BCUT2D eigenvalue weighted by atomic mass is 9.92. The third-order valence-corrected chi connectivity index (χ3v) is 7.36. The summed E-state index contributed by atoms with van der Waals surface area (Å²) < 4.78 is 5.59. The predicted octanol–water partition coefficient (Wildman–Crippen LogP) is 3.73. The van der Waals surface area contributed by atoms with Crippen LogP contribution in [0.15, 0.2) is 47.7 Å². The number of pyridine rings is 1. The number of nitrogens with two attached hydrogens (primary N) is 1. The number of carbonyl (C=O) groups excluding carboxylic acids is 2. The molecule has 0 saturated heterocycles. The molecule has 0 aromatic carbocycles. The van der Waals surface area contributed by atoms with Crippen LogP contribution in [0.1, 0.15) is 70.9 Å². The van der Waals surface area contributed by atoms with Gasteiger partial charge in [0.05, 0.1) is 17.4 Å². The van der Waals surface area contributed by atoms with Crippen LogP contribution < -0.4 is 16.0 Å². The first-order valence-corrected chi connectivity index (χ1v) is 13.9. The summed E-state index contributed by atoms with van der Waals surface area (Å²) in [5, 5.41) is 8.22. The average Bonchev–Trinajstić information content (AvgIpc) is 3.41. The zero-order valence-electron chi connectivity index (χ0n) is 24.5. The molecule has 1 saturated carbocycles. The van der Waals surface area contributed by atoms with Crippen molar-refractivity contribution in [3.8, 4) is 0 Å². The predicted molar refractivity (Wildman–Crippen MR) is 153 cm³/mol. The summed E-state index contributed by atoms with van der Waals surface area (Å²) >= 11 is 0. The number of nitrogens with zero attached hydrogens (tertiary/aromatic N) is 4. The highest BCUT2D eigenvalue weighted by Crippen LogP contribution is 2.56. The van der Waals surface area contributed by atoms with E-state index in [0.717, 1.165) is 17.9 Å². The Kier molecular flexibility index (Phi) is 6.94. The SMILES string of the molecule is CCNC(=O)c1cnc(NC23C=CC4=C(CN(C(=O)OC(C)(C)C)C4)C2C3)nc1[NH2+]c1cccc(C(C)(C)C)n1. The van der Waals surface area contributed by atoms with E-state index in [0.29, 0.717) is 37.0 Å². The number of fused-ring (bicyclic) bond motifs is 2. The van der Waals surface area contributed by atoms with Crippen LogP contribution in [0.5, 0.6) is 0 Å². The van der Waals surface area contributed by atoms with Crippen molar-refractivity contribution >= 4 is 29.6 Å². The summed E-state index contributed by atoms with van der Waals surface area (Å²) in [5.41, 5.74) is 2.85. The second kappa shape index (κ2) is 9.99. The molecule has 10 nitrogen and oxygen atoms in total. The Bertz CT molecular complexity index is 1400. The van der Waals surface area contributed by atoms with Gasteiger partial charge in [0.15, 0.2) is 0 Å². The normalized spacial score (nSPS) is 21.6. The molecule has 2 unspecified atom stereocenters. The van der Waals surface area contributed by atoms with Crippen molar-refractivity contribution in [3.05, 3.63) is 59.0 Å². The van der Waals surface area contributed by atoms with E-state index >= 15 is 0 Å². The highest BCUT2D eigenvalue weighted by Gasteiger charge is 2.58. The molecule has 212 valence electrons. The largest absolute Gasteiger partial charge is 0.444 e. The maximum absolute atomic E-state index is 12.8. The van der Waals surface area contributed by atoms with Crippen LogP contribution >= 0.6 is 0 Å². The van der Waals surface area contributed by atoms with Gasteiger partial charge in [-0.15, -0.1) is 0 Å². The van der Waals surface area contributed by atoms with Gasteiger partial charge in [0.1, 0.15) is 11.2 Å². The third-order valence-electron chi connectivity index (χ3n) is 7.36. The molecule has 1 fully saturated rings. The summed E-state index contributed by atoms with van der Waals surface area (Å²) in [6.07, 6.45) is 6.44. The fourth-order valence-electron chi connectivity index (χ4n) is 5.24. The topological polar surface area (TPSA) is 126 Å². The van der Waals surface area contributed by atoms with Crippen molar-refractivity contribution in [2.24, 2.45) is 5.92 Å². The highest BCUT2D eigenvalue weighted by atomic mass is 16.6. The molecule has 2 aliphatic carbocycles. The molecule has 3 heterocycles. The van der Waals surface area contributed by atoms with E-state index in [9.17, 15) is 9.59 Å². The molecule has 0 bridgehead atoms. The van der Waals surface area contributed by atoms with Gasteiger partial charge in [-0.25, -0.2) is 20.1 Å². The molecule has 2 aromatic heterocycles. The van der Waals surface area contributed by atoms with E-state index in [1.54, 1.807) is 11.1 Å². The number of nitrogens with one attached hydrogen (secondary N) is 2. The Balaban J connectivity index is 1.35. The maximum Gasteiger partial charge on any atom is 0.410 e. The van der Waals surface area contributed by atoms with E-state index in [1.807, 2.05) is 51.2 Å². The Labute approximate surface area is 235 Å². The first kappa shape index (κ1) is 27.8. The van der Waals surface area contributed by atoms with Gasteiger partial charge < -0.3 is 15.4 Å². The number of anilines is 1. The minimum atomic E-state index is -0.531. The van der Waals surface area contributed by atoms with Gasteiger partial charge in [0, 0.05) is 37.0 Å². The van der Waals surface area contributed by atoms with Gasteiger partial charge in [-0.3, -0.25) is 9.69 Å². The molecule has 5 rings (SSSR count). The number of rotatable bonds is 6. The molecule has 1 aliphatic heterocycles. The van der Waals surface area contributed by atoms with E-state index in [4.69, 9.17) is 14.7 Å². The van der Waals surface area contributed by atoms with Crippen LogP contribution in [0.4, 0.5) is 22.4 Å². The van der Waals surface area contributed by atoms with E-state index in [-0.39, 0.29) is 28.9 Å². The van der Waals surface area contributed by atoms with Crippen LogP contribution in [0.25, 0.3) is 0 Å². The Morgan fingerprint density at radius 3 is 2.62 bits per heavy atom. The highest BCUT2D eigenvalue weighted by molar-refractivity contribution is 5.97. The molecule has 3 aliphatic rings. The first-order chi connectivity index (χ1) is 18.8. The second-order valence-electron chi connectivity index (χ2n) is 12.8. The molecule has 2 atom stereocenters. The zero-order valence-corrected chi connectivity index (χ0v) is 24.5. The monoisotopic (exact) mass is 546 g/mol. The fraction of sp³-hybridized carbons (Fsp3) is 0.500. The molecule has 2 amide bonds. The zero-order chi connectivity index (χ0) is 28.9. The number of quaternary nitrogens is 1. The number of carbonyl (C=O) groups is 2. The van der Waals surface area contributed by atoms with Crippen LogP contribution in [0.2, 0.25) is 0 Å². The molecule has 4 N–H and O–H groups in total. The fourth-order valence-corrected chi connectivity index (χ4v) is 5.24. The van der Waals surface area contributed by atoms with Gasteiger partial charge >= 0.3 is 6.09 Å². The van der Waals surface area contributed by atoms with Gasteiger partial charge in [0.25, 0.3) is 5.91 Å². The molecular weight excluding hydrogens is 506 g/mol. The van der Waals surface area contributed by atoms with Gasteiger partial charge in [0.2, 0.25) is 17.6 Å². The lowest BCUT2D eigenvalue weighted by Gasteiger charge is -2.24.